The number of hydrogen-bond donors (Lipinski definition) is 1. The summed E-state index contributed by atoms with van der Waals surface area (Å²) in [5.41, 5.74) is 4.70. The molecule has 0 radical (unpaired) electrons. The van der Waals surface area contributed by atoms with E-state index in [4.69, 9.17) is 16.3 Å². The first kappa shape index (κ1) is 21.5. The number of ether oxygens (including phenoxy) is 1. The molecule has 0 atom stereocenters. The van der Waals surface area contributed by atoms with Crippen molar-refractivity contribution in [1.29, 1.82) is 0 Å². The molecule has 2 aromatic carbocycles. The second kappa shape index (κ2) is 9.62. The minimum absolute atomic E-state index is 0.00424. The lowest BCUT2D eigenvalue weighted by Gasteiger charge is -2.14. The van der Waals surface area contributed by atoms with Gasteiger partial charge in [0.2, 0.25) is 0 Å². The van der Waals surface area contributed by atoms with Gasteiger partial charge >= 0.3 is 6.09 Å². The van der Waals surface area contributed by atoms with Crippen molar-refractivity contribution >= 4 is 29.5 Å². The molecule has 4 rings (SSSR count). The van der Waals surface area contributed by atoms with E-state index in [1.807, 2.05) is 24.3 Å². The predicted octanol–water partition coefficient (Wildman–Crippen LogP) is 5.59. The number of nitrogens with one attached hydrogen (secondary N) is 1. The third-order valence-electron chi connectivity index (χ3n) is 5.26. The Hall–Kier alpha value is -3.71. The van der Waals surface area contributed by atoms with Crippen LogP contribution in [0, 0.1) is 10.1 Å². The third-order valence-corrected chi connectivity index (χ3v) is 5.47. The fraction of sp³-hybridized carbons (Fsp3) is 0.167. The summed E-state index contributed by atoms with van der Waals surface area (Å²) in [7, 11) is 0. The number of nitro groups is 1. The highest BCUT2D eigenvalue weighted by Crippen LogP contribution is 2.44. The number of pyridine rings is 1. The van der Waals surface area contributed by atoms with Gasteiger partial charge < -0.3 is 10.1 Å². The van der Waals surface area contributed by atoms with Crippen molar-refractivity contribution in [2.45, 2.75) is 12.3 Å². The topological polar surface area (TPSA) is 94.4 Å². The highest BCUT2D eigenvalue weighted by molar-refractivity contribution is 6.30. The predicted molar refractivity (Wildman–Crippen MR) is 123 cm³/mol. The molecule has 162 valence electrons. The average molecular weight is 450 g/mol. The van der Waals surface area contributed by atoms with Crippen molar-refractivity contribution in [2.75, 3.05) is 13.2 Å². The summed E-state index contributed by atoms with van der Waals surface area (Å²) in [6, 6.07) is 17.5. The van der Waals surface area contributed by atoms with Crippen LogP contribution in [0.15, 0.2) is 66.9 Å². The Morgan fingerprint density at radius 3 is 2.47 bits per heavy atom. The zero-order valence-electron chi connectivity index (χ0n) is 17.0. The maximum absolute atomic E-state index is 12.2. The monoisotopic (exact) mass is 449 g/mol. The molecule has 0 fully saturated rings. The van der Waals surface area contributed by atoms with Crippen LogP contribution in [0.2, 0.25) is 5.02 Å². The first-order chi connectivity index (χ1) is 15.5. The van der Waals surface area contributed by atoms with E-state index in [1.165, 1.54) is 29.5 Å². The smallest absolute Gasteiger partial charge is 0.407 e. The van der Waals surface area contributed by atoms with Crippen LogP contribution in [0.25, 0.3) is 17.2 Å². The minimum atomic E-state index is -0.534. The second-order valence-corrected chi connectivity index (χ2v) is 7.69. The van der Waals surface area contributed by atoms with Gasteiger partial charge in [-0.1, -0.05) is 66.2 Å². The Balaban J connectivity index is 1.29. The van der Waals surface area contributed by atoms with Crippen LogP contribution in [0.5, 0.6) is 0 Å². The minimum Gasteiger partial charge on any atom is -0.449 e. The maximum Gasteiger partial charge on any atom is 0.407 e. The molecule has 1 aromatic heterocycles. The first-order valence-corrected chi connectivity index (χ1v) is 10.5. The summed E-state index contributed by atoms with van der Waals surface area (Å²) in [4.78, 5) is 26.7. The number of carbonyl (C=O) groups excluding carboxylic acids is 1. The standard InChI is InChI=1S/C24H20ClN3O4/c25-16-13-23(28(30)31)22(27-14-16)11-5-6-12-26-24(29)32-15-21-19-9-3-1-7-17(19)18-8-2-4-10-20(18)21/h1-5,7-11,13-14,21H,6,12,15H2,(H,26,29). The Morgan fingerprint density at radius 2 is 1.81 bits per heavy atom. The Kier molecular flexibility index (Phi) is 6.47. The fourth-order valence-corrected chi connectivity index (χ4v) is 3.97. The van der Waals surface area contributed by atoms with E-state index in [0.717, 1.165) is 11.1 Å². The highest BCUT2D eigenvalue weighted by atomic mass is 35.5. The van der Waals surface area contributed by atoms with Gasteiger partial charge in [-0.25, -0.2) is 9.78 Å². The van der Waals surface area contributed by atoms with E-state index in [9.17, 15) is 14.9 Å². The van der Waals surface area contributed by atoms with Gasteiger partial charge in [0.15, 0.2) is 0 Å². The fourth-order valence-electron chi connectivity index (χ4n) is 3.82. The van der Waals surface area contributed by atoms with E-state index >= 15 is 0 Å². The van der Waals surface area contributed by atoms with Crippen LogP contribution in [0.3, 0.4) is 0 Å². The van der Waals surface area contributed by atoms with Gasteiger partial charge in [0.1, 0.15) is 12.3 Å². The lowest BCUT2D eigenvalue weighted by atomic mass is 9.98. The van der Waals surface area contributed by atoms with Crippen LogP contribution in [-0.2, 0) is 4.74 Å². The summed E-state index contributed by atoms with van der Waals surface area (Å²) < 4.78 is 5.48. The average Bonchev–Trinajstić information content (AvgIpc) is 3.12. The van der Waals surface area contributed by atoms with Crippen LogP contribution in [0.4, 0.5) is 10.5 Å². The number of aromatic nitrogens is 1. The first-order valence-electron chi connectivity index (χ1n) is 10.1. The van der Waals surface area contributed by atoms with Gasteiger partial charge in [-0.2, -0.15) is 0 Å². The lowest BCUT2D eigenvalue weighted by molar-refractivity contribution is -0.385. The number of nitrogens with zero attached hydrogens (tertiary/aromatic N) is 2. The number of alkyl carbamates (subject to hydrolysis) is 1. The molecule has 0 spiro atoms. The van der Waals surface area contributed by atoms with Gasteiger partial charge in [-0.15, -0.1) is 0 Å². The molecule has 0 unspecified atom stereocenters. The second-order valence-electron chi connectivity index (χ2n) is 7.26. The number of halogens is 1. The van der Waals surface area contributed by atoms with Crippen LogP contribution in [-0.4, -0.2) is 29.2 Å². The number of amides is 1. The molecule has 1 amide bonds. The summed E-state index contributed by atoms with van der Waals surface area (Å²) in [6.07, 6.45) is 4.55. The van der Waals surface area contributed by atoms with E-state index < -0.39 is 11.0 Å². The Bertz CT molecular complexity index is 1150. The van der Waals surface area contributed by atoms with E-state index in [1.54, 1.807) is 6.08 Å². The largest absolute Gasteiger partial charge is 0.449 e. The van der Waals surface area contributed by atoms with Crippen molar-refractivity contribution in [1.82, 2.24) is 10.3 Å². The van der Waals surface area contributed by atoms with Crippen molar-refractivity contribution in [3.05, 3.63) is 98.8 Å². The molecule has 8 heteroatoms. The zero-order chi connectivity index (χ0) is 22.5. The maximum atomic E-state index is 12.2. The zero-order valence-corrected chi connectivity index (χ0v) is 17.8. The van der Waals surface area contributed by atoms with Crippen molar-refractivity contribution in [2.24, 2.45) is 0 Å². The summed E-state index contributed by atoms with van der Waals surface area (Å²) >= 11 is 5.76. The molecule has 0 bridgehead atoms. The lowest BCUT2D eigenvalue weighted by Crippen LogP contribution is -2.26. The molecule has 1 heterocycles. The van der Waals surface area contributed by atoms with Gasteiger partial charge in [0, 0.05) is 24.7 Å². The number of carbonyl (C=O) groups is 1. The van der Waals surface area contributed by atoms with Gasteiger partial charge in [-0.3, -0.25) is 10.1 Å². The number of benzene rings is 2. The van der Waals surface area contributed by atoms with Crippen molar-refractivity contribution < 1.29 is 14.5 Å². The molecule has 1 aliphatic carbocycles. The quantitative estimate of drug-likeness (QED) is 0.288. The number of hydrogen-bond acceptors (Lipinski definition) is 5. The molecular weight excluding hydrogens is 430 g/mol. The van der Waals surface area contributed by atoms with Gasteiger partial charge in [0.25, 0.3) is 5.69 Å². The molecular formula is C24H20ClN3O4. The number of rotatable bonds is 7. The molecule has 3 aromatic rings. The molecule has 1 aliphatic rings. The normalized spacial score (nSPS) is 12.4. The van der Waals surface area contributed by atoms with Crippen molar-refractivity contribution in [3.63, 3.8) is 0 Å². The molecule has 0 aliphatic heterocycles. The molecule has 0 saturated heterocycles. The molecule has 32 heavy (non-hydrogen) atoms. The van der Waals surface area contributed by atoms with Crippen LogP contribution in [0.1, 0.15) is 29.2 Å². The Morgan fingerprint density at radius 1 is 1.16 bits per heavy atom. The van der Waals surface area contributed by atoms with Crippen LogP contribution >= 0.6 is 11.6 Å². The van der Waals surface area contributed by atoms with Gasteiger partial charge in [-0.05, 0) is 34.8 Å². The van der Waals surface area contributed by atoms with Gasteiger partial charge in [0.05, 0.1) is 9.95 Å². The van der Waals surface area contributed by atoms with E-state index in [-0.39, 0.29) is 28.9 Å². The van der Waals surface area contributed by atoms with Crippen LogP contribution < -0.4 is 5.32 Å². The summed E-state index contributed by atoms with van der Waals surface area (Å²) in [6.45, 7) is 0.575. The molecule has 0 saturated carbocycles. The number of fused-ring (bicyclic) bond motifs is 3. The highest BCUT2D eigenvalue weighted by Gasteiger charge is 2.28. The Labute approximate surface area is 189 Å². The van der Waals surface area contributed by atoms with E-state index in [0.29, 0.717) is 13.0 Å². The van der Waals surface area contributed by atoms with Crippen molar-refractivity contribution in [3.8, 4) is 11.1 Å². The summed E-state index contributed by atoms with van der Waals surface area (Å²) in [5, 5.41) is 14.0. The van der Waals surface area contributed by atoms with E-state index in [2.05, 4.69) is 34.6 Å². The third kappa shape index (κ3) is 4.63. The molecule has 1 N–H and O–H groups in total. The molecule has 7 nitrogen and oxygen atoms in total. The summed E-state index contributed by atoms with van der Waals surface area (Å²) in [5.74, 6) is 0.00424. The SMILES string of the molecule is O=C(NCCC=Cc1ncc(Cl)cc1[N+](=O)[O-])OCC1c2ccccc2-c2ccccc21.